The Morgan fingerprint density at radius 1 is 1.10 bits per heavy atom. The minimum atomic E-state index is -0.715. The second kappa shape index (κ2) is 8.75. The number of carbonyl (C=O) groups is 4. The van der Waals surface area contributed by atoms with Crippen LogP contribution in [0.3, 0.4) is 0 Å². The predicted octanol–water partition coefficient (Wildman–Crippen LogP) is 3.31. The highest BCUT2D eigenvalue weighted by Crippen LogP contribution is 2.34. The van der Waals surface area contributed by atoms with Crippen LogP contribution in [-0.2, 0) is 14.3 Å². The lowest BCUT2D eigenvalue weighted by Gasteiger charge is -2.17. The molecule has 3 amide bonds. The van der Waals surface area contributed by atoms with Crippen molar-refractivity contribution in [3.8, 4) is 0 Å². The molecule has 0 saturated heterocycles. The van der Waals surface area contributed by atoms with Gasteiger partial charge in [0, 0.05) is 10.3 Å². The third kappa shape index (κ3) is 5.42. The fourth-order valence-electron chi connectivity index (χ4n) is 2.22. The first kappa shape index (κ1) is 22.6. The number of rotatable bonds is 6. The Labute approximate surface area is 176 Å². The molecule has 0 aliphatic rings. The smallest absolute Gasteiger partial charge is 0.341 e. The van der Waals surface area contributed by atoms with Crippen LogP contribution >= 0.6 is 22.7 Å². The van der Waals surface area contributed by atoms with Crippen molar-refractivity contribution < 1.29 is 23.9 Å². The summed E-state index contributed by atoms with van der Waals surface area (Å²) >= 11 is 2.41. The zero-order chi connectivity index (χ0) is 21.9. The van der Waals surface area contributed by atoms with Crippen molar-refractivity contribution in [2.75, 3.05) is 17.2 Å². The number of hydrogen-bond acceptors (Lipinski definition) is 7. The van der Waals surface area contributed by atoms with Gasteiger partial charge in [0.05, 0.1) is 11.1 Å². The van der Waals surface area contributed by atoms with E-state index in [4.69, 9.17) is 10.5 Å². The minimum Gasteiger partial charge on any atom is -0.452 e. The Morgan fingerprint density at radius 3 is 2.34 bits per heavy atom. The van der Waals surface area contributed by atoms with Gasteiger partial charge in [0.15, 0.2) is 6.61 Å². The lowest BCUT2D eigenvalue weighted by Crippen LogP contribution is -2.28. The van der Waals surface area contributed by atoms with Crippen molar-refractivity contribution in [2.24, 2.45) is 11.1 Å². The average Bonchev–Trinajstić information content (AvgIpc) is 3.17. The van der Waals surface area contributed by atoms with Gasteiger partial charge in [0.25, 0.3) is 11.8 Å². The minimum absolute atomic E-state index is 0.186. The summed E-state index contributed by atoms with van der Waals surface area (Å²) in [4.78, 5) is 49.2. The standard InChI is InChI=1S/C19H23N3O5S2/c1-9-10(2)29-16(22-18(26)19(3,4)5)13(9)17(25)27-8-12(23)21-15-11(14(20)24)6-7-28-15/h6-7H,8H2,1-5H3,(H2,20,24)(H,21,23)(H,22,26). The highest BCUT2D eigenvalue weighted by Gasteiger charge is 2.27. The molecule has 0 atom stereocenters. The highest BCUT2D eigenvalue weighted by molar-refractivity contribution is 7.17. The van der Waals surface area contributed by atoms with Gasteiger partial charge in [0.1, 0.15) is 10.0 Å². The van der Waals surface area contributed by atoms with Gasteiger partial charge in [-0.25, -0.2) is 4.79 Å². The largest absolute Gasteiger partial charge is 0.452 e. The zero-order valence-electron chi connectivity index (χ0n) is 16.8. The van der Waals surface area contributed by atoms with Crippen LogP contribution < -0.4 is 16.4 Å². The zero-order valence-corrected chi connectivity index (χ0v) is 18.4. The van der Waals surface area contributed by atoms with Crippen LogP contribution in [0.2, 0.25) is 0 Å². The van der Waals surface area contributed by atoms with E-state index in [2.05, 4.69) is 10.6 Å². The lowest BCUT2D eigenvalue weighted by molar-refractivity contribution is -0.123. The summed E-state index contributed by atoms with van der Waals surface area (Å²) in [6, 6.07) is 1.50. The number of hydrogen-bond donors (Lipinski definition) is 3. The molecule has 29 heavy (non-hydrogen) atoms. The van der Waals surface area contributed by atoms with Crippen LogP contribution in [0.4, 0.5) is 10.0 Å². The van der Waals surface area contributed by atoms with Gasteiger partial charge in [0.2, 0.25) is 5.91 Å². The second-order valence-corrected chi connectivity index (χ2v) is 9.48. The fourth-order valence-corrected chi connectivity index (χ4v) is 4.07. The molecular formula is C19H23N3O5S2. The van der Waals surface area contributed by atoms with Crippen molar-refractivity contribution in [3.05, 3.63) is 33.0 Å². The molecule has 0 unspecified atom stereocenters. The van der Waals surface area contributed by atoms with E-state index in [9.17, 15) is 19.2 Å². The fraction of sp³-hybridized carbons (Fsp3) is 0.368. The van der Waals surface area contributed by atoms with Crippen LogP contribution in [0.5, 0.6) is 0 Å². The number of amides is 3. The summed E-state index contributed by atoms with van der Waals surface area (Å²) in [5.74, 6) is -2.22. The number of carbonyl (C=O) groups excluding carboxylic acids is 4. The van der Waals surface area contributed by atoms with E-state index < -0.39 is 29.8 Å². The Bertz CT molecular complexity index is 969. The van der Waals surface area contributed by atoms with Crippen LogP contribution in [0.15, 0.2) is 11.4 Å². The maximum atomic E-state index is 12.6. The van der Waals surface area contributed by atoms with Gasteiger partial charge in [-0.05, 0) is 30.9 Å². The quantitative estimate of drug-likeness (QED) is 0.598. The third-order valence-electron chi connectivity index (χ3n) is 4.02. The predicted molar refractivity (Wildman–Crippen MR) is 114 cm³/mol. The molecule has 10 heteroatoms. The maximum absolute atomic E-state index is 12.6. The number of nitrogens with two attached hydrogens (primary N) is 1. The topological polar surface area (TPSA) is 128 Å². The van der Waals surface area contributed by atoms with E-state index in [0.29, 0.717) is 15.6 Å². The van der Waals surface area contributed by atoms with E-state index >= 15 is 0 Å². The van der Waals surface area contributed by atoms with Crippen LogP contribution in [0.1, 0.15) is 51.9 Å². The first-order valence-corrected chi connectivity index (χ1v) is 10.4. The second-order valence-electron chi connectivity index (χ2n) is 7.34. The monoisotopic (exact) mass is 437 g/mol. The summed E-state index contributed by atoms with van der Waals surface area (Å²) < 4.78 is 5.13. The molecule has 0 spiro atoms. The third-order valence-corrected chi connectivity index (χ3v) is 5.97. The van der Waals surface area contributed by atoms with Crippen molar-refractivity contribution in [1.82, 2.24) is 0 Å². The van der Waals surface area contributed by atoms with Crippen LogP contribution in [0, 0.1) is 19.3 Å². The van der Waals surface area contributed by atoms with Gasteiger partial charge >= 0.3 is 5.97 Å². The Kier molecular flexibility index (Phi) is 6.81. The van der Waals surface area contributed by atoms with Crippen molar-refractivity contribution >= 4 is 56.4 Å². The average molecular weight is 438 g/mol. The van der Waals surface area contributed by atoms with E-state index in [-0.39, 0.29) is 17.0 Å². The molecule has 2 heterocycles. The molecule has 2 rings (SSSR count). The molecule has 0 radical (unpaired) electrons. The molecule has 0 aliphatic carbocycles. The van der Waals surface area contributed by atoms with Crippen LogP contribution in [0.25, 0.3) is 0 Å². The van der Waals surface area contributed by atoms with Gasteiger partial charge in [-0.3, -0.25) is 14.4 Å². The first-order chi connectivity index (χ1) is 13.4. The van der Waals surface area contributed by atoms with Crippen molar-refractivity contribution in [1.29, 1.82) is 0 Å². The van der Waals surface area contributed by atoms with Gasteiger partial charge in [-0.1, -0.05) is 20.8 Å². The number of thiophene rings is 2. The van der Waals surface area contributed by atoms with E-state index in [1.165, 1.54) is 17.4 Å². The summed E-state index contributed by atoms with van der Waals surface area (Å²) in [5, 5.41) is 7.56. The molecule has 0 saturated carbocycles. The number of ether oxygens (including phenoxy) is 1. The number of anilines is 2. The molecule has 2 aromatic heterocycles. The molecule has 0 aliphatic heterocycles. The van der Waals surface area contributed by atoms with Gasteiger partial charge < -0.3 is 21.1 Å². The lowest BCUT2D eigenvalue weighted by atomic mass is 9.96. The van der Waals surface area contributed by atoms with E-state index in [0.717, 1.165) is 16.2 Å². The van der Waals surface area contributed by atoms with E-state index in [1.54, 1.807) is 33.1 Å². The number of primary amides is 1. The summed E-state index contributed by atoms with van der Waals surface area (Å²) in [7, 11) is 0. The maximum Gasteiger partial charge on any atom is 0.341 e. The molecular weight excluding hydrogens is 414 g/mol. The Balaban J connectivity index is 2.09. The van der Waals surface area contributed by atoms with E-state index in [1.807, 2.05) is 6.92 Å². The number of nitrogens with one attached hydrogen (secondary N) is 2. The molecule has 2 aromatic rings. The van der Waals surface area contributed by atoms with Crippen molar-refractivity contribution in [2.45, 2.75) is 34.6 Å². The molecule has 4 N–H and O–H groups in total. The molecule has 0 bridgehead atoms. The first-order valence-electron chi connectivity index (χ1n) is 8.67. The summed E-state index contributed by atoms with van der Waals surface area (Å²) in [6.45, 7) is 8.34. The SMILES string of the molecule is Cc1sc(NC(=O)C(C)(C)C)c(C(=O)OCC(=O)Nc2sccc2C(N)=O)c1C. The Morgan fingerprint density at radius 2 is 1.76 bits per heavy atom. The van der Waals surface area contributed by atoms with Gasteiger partial charge in [-0.15, -0.1) is 22.7 Å². The molecule has 8 nitrogen and oxygen atoms in total. The summed E-state index contributed by atoms with van der Waals surface area (Å²) in [6.07, 6.45) is 0. The Hall–Kier alpha value is -2.72. The molecule has 0 aromatic carbocycles. The molecule has 0 fully saturated rings. The number of aryl methyl sites for hydroxylation is 1. The highest BCUT2D eigenvalue weighted by atomic mass is 32.1. The number of esters is 1. The molecule has 156 valence electrons. The normalized spacial score (nSPS) is 11.1. The van der Waals surface area contributed by atoms with Crippen LogP contribution in [-0.4, -0.2) is 30.3 Å². The van der Waals surface area contributed by atoms with Gasteiger partial charge in [-0.2, -0.15) is 0 Å². The van der Waals surface area contributed by atoms with Crippen molar-refractivity contribution in [3.63, 3.8) is 0 Å². The summed E-state index contributed by atoms with van der Waals surface area (Å²) in [5.41, 5.74) is 5.70.